The fraction of sp³-hybridized carbons (Fsp3) is 0.250. The first-order valence-corrected chi connectivity index (χ1v) is 12.6. The summed E-state index contributed by atoms with van der Waals surface area (Å²) in [6.45, 7) is 0. The van der Waals surface area contributed by atoms with Crippen molar-refractivity contribution in [2.75, 3.05) is 0 Å². The van der Waals surface area contributed by atoms with Gasteiger partial charge in [0, 0.05) is 41.4 Å². The predicted octanol–water partition coefficient (Wildman–Crippen LogP) is 6.60. The van der Waals surface area contributed by atoms with Crippen LogP contribution in [0.1, 0.15) is 41.4 Å². The molecule has 2 atom stereocenters. The highest BCUT2D eigenvalue weighted by molar-refractivity contribution is 7.13. The second-order valence-corrected chi connectivity index (χ2v) is 9.84. The van der Waals surface area contributed by atoms with E-state index in [9.17, 15) is 0 Å². The molecule has 3 heterocycles. The number of fused-ring (bicyclic) bond motifs is 2. The molecule has 0 bridgehead atoms. The number of benzene rings is 2. The number of rotatable bonds is 6. The van der Waals surface area contributed by atoms with E-state index in [2.05, 4.69) is 70.6 Å². The normalized spacial score (nSPS) is 16.5. The van der Waals surface area contributed by atoms with E-state index in [0.29, 0.717) is 11.8 Å². The highest BCUT2D eigenvalue weighted by Gasteiger charge is 2.30. The minimum absolute atomic E-state index is 0.435. The first-order chi connectivity index (χ1) is 16.3. The molecular formula is C28H26N4S. The molecule has 0 fully saturated rings. The molecule has 5 heteroatoms. The molecule has 1 aliphatic rings. The Kier molecular flexibility index (Phi) is 5.48. The van der Waals surface area contributed by atoms with Gasteiger partial charge in [0.2, 0.25) is 0 Å². The summed E-state index contributed by atoms with van der Waals surface area (Å²) in [6, 6.07) is 21.6. The zero-order chi connectivity index (χ0) is 22.0. The Morgan fingerprint density at radius 3 is 2.70 bits per heavy atom. The lowest BCUT2D eigenvalue weighted by atomic mass is 9.74. The number of H-pyrrole nitrogens is 1. The van der Waals surface area contributed by atoms with Gasteiger partial charge in [0.1, 0.15) is 10.8 Å². The molecule has 0 spiro atoms. The van der Waals surface area contributed by atoms with E-state index in [-0.39, 0.29) is 0 Å². The Hall–Kier alpha value is -3.31. The van der Waals surface area contributed by atoms with Gasteiger partial charge in [0.05, 0.1) is 11.0 Å². The summed E-state index contributed by atoms with van der Waals surface area (Å²) in [6.07, 6.45) is 9.30. The van der Waals surface area contributed by atoms with Crippen molar-refractivity contribution in [3.63, 3.8) is 0 Å². The van der Waals surface area contributed by atoms with Crippen LogP contribution in [0.25, 0.3) is 21.6 Å². The lowest BCUT2D eigenvalue weighted by molar-refractivity contribution is 0.361. The Bertz CT molecular complexity index is 1320. The van der Waals surface area contributed by atoms with Crippen LogP contribution in [0, 0.1) is 5.92 Å². The quantitative estimate of drug-likeness (QED) is 0.317. The standard InChI is InChI=1S/C28H26N4S/c1-2-9-25-24(8-1)31-26(32-25)18-22(23-7-3-5-20-6-4-14-29-27(20)23)17-19-10-12-21(13-11-19)28-30-15-16-33-28/h1-2,4,6,8-16,22-23H,3,5,7,17-18H2,(H,31,32). The number of pyridine rings is 1. The van der Waals surface area contributed by atoms with Gasteiger partial charge in [0.25, 0.3) is 0 Å². The van der Waals surface area contributed by atoms with Crippen LogP contribution in [0.3, 0.4) is 0 Å². The smallest absolute Gasteiger partial charge is 0.123 e. The molecule has 0 saturated heterocycles. The summed E-state index contributed by atoms with van der Waals surface area (Å²) in [4.78, 5) is 17.8. The second-order valence-electron chi connectivity index (χ2n) is 8.95. The van der Waals surface area contributed by atoms with Gasteiger partial charge < -0.3 is 4.98 Å². The van der Waals surface area contributed by atoms with Gasteiger partial charge in [-0.1, -0.05) is 42.5 Å². The molecule has 3 aromatic heterocycles. The van der Waals surface area contributed by atoms with Crippen molar-refractivity contribution in [3.8, 4) is 10.6 Å². The van der Waals surface area contributed by atoms with E-state index in [1.807, 2.05) is 17.8 Å². The third-order valence-corrected chi connectivity index (χ3v) is 7.65. The van der Waals surface area contributed by atoms with Crippen LogP contribution in [0.15, 0.2) is 78.4 Å². The third kappa shape index (κ3) is 4.21. The number of thiazole rings is 1. The van der Waals surface area contributed by atoms with Gasteiger partial charge >= 0.3 is 0 Å². The highest BCUT2D eigenvalue weighted by Crippen LogP contribution is 2.39. The van der Waals surface area contributed by atoms with E-state index in [4.69, 9.17) is 9.97 Å². The summed E-state index contributed by atoms with van der Waals surface area (Å²) in [5.41, 5.74) is 7.42. The summed E-state index contributed by atoms with van der Waals surface area (Å²) in [5, 5.41) is 3.10. The Morgan fingerprint density at radius 2 is 1.85 bits per heavy atom. The molecule has 0 amide bonds. The fourth-order valence-electron chi connectivity index (χ4n) is 5.26. The van der Waals surface area contributed by atoms with Gasteiger partial charge in [-0.15, -0.1) is 11.3 Å². The zero-order valence-corrected chi connectivity index (χ0v) is 19.3. The molecule has 2 unspecified atom stereocenters. The SMILES string of the molecule is c1cnc2c(c1)CCCC2C(Cc1ccc(-c2nccs2)cc1)Cc1nc2ccccc2[nH]1. The average molecular weight is 451 g/mol. The molecule has 1 aliphatic carbocycles. The Labute approximate surface area is 197 Å². The number of para-hydroxylation sites is 2. The lowest BCUT2D eigenvalue weighted by Crippen LogP contribution is -2.24. The molecule has 164 valence electrons. The minimum atomic E-state index is 0.435. The number of hydrogen-bond acceptors (Lipinski definition) is 4. The second kappa shape index (κ2) is 8.91. The summed E-state index contributed by atoms with van der Waals surface area (Å²) in [7, 11) is 0. The highest BCUT2D eigenvalue weighted by atomic mass is 32.1. The van der Waals surface area contributed by atoms with E-state index in [1.165, 1.54) is 35.2 Å². The maximum absolute atomic E-state index is 4.91. The molecule has 1 N–H and O–H groups in total. The van der Waals surface area contributed by atoms with Crippen LogP contribution >= 0.6 is 11.3 Å². The van der Waals surface area contributed by atoms with Crippen molar-refractivity contribution in [1.82, 2.24) is 19.9 Å². The Balaban J connectivity index is 1.32. The van der Waals surface area contributed by atoms with Crippen molar-refractivity contribution in [2.24, 2.45) is 5.92 Å². The number of nitrogens with zero attached hydrogens (tertiary/aromatic N) is 3. The first-order valence-electron chi connectivity index (χ1n) is 11.7. The number of hydrogen-bond donors (Lipinski definition) is 1. The minimum Gasteiger partial charge on any atom is -0.342 e. The van der Waals surface area contributed by atoms with Gasteiger partial charge in [-0.2, -0.15) is 0 Å². The van der Waals surface area contributed by atoms with E-state index in [0.717, 1.165) is 41.1 Å². The van der Waals surface area contributed by atoms with Crippen LogP contribution in [-0.2, 0) is 19.3 Å². The van der Waals surface area contributed by atoms with Crippen molar-refractivity contribution in [1.29, 1.82) is 0 Å². The van der Waals surface area contributed by atoms with Crippen molar-refractivity contribution in [2.45, 2.75) is 38.0 Å². The molecule has 4 nitrogen and oxygen atoms in total. The molecule has 2 aromatic carbocycles. The predicted molar refractivity (Wildman–Crippen MR) is 134 cm³/mol. The first kappa shape index (κ1) is 20.3. The number of aryl methyl sites for hydroxylation is 1. The van der Waals surface area contributed by atoms with E-state index >= 15 is 0 Å². The van der Waals surface area contributed by atoms with Crippen LogP contribution in [0.5, 0.6) is 0 Å². The molecule has 0 saturated carbocycles. The molecule has 5 aromatic rings. The van der Waals surface area contributed by atoms with Crippen molar-refractivity contribution < 1.29 is 0 Å². The van der Waals surface area contributed by atoms with Gasteiger partial charge in [-0.3, -0.25) is 4.98 Å². The van der Waals surface area contributed by atoms with Gasteiger partial charge in [0.15, 0.2) is 0 Å². The topological polar surface area (TPSA) is 54.5 Å². The number of aromatic nitrogens is 4. The summed E-state index contributed by atoms with van der Waals surface area (Å²) < 4.78 is 0. The van der Waals surface area contributed by atoms with Crippen molar-refractivity contribution in [3.05, 3.63) is 101 Å². The molecule has 6 rings (SSSR count). The summed E-state index contributed by atoms with van der Waals surface area (Å²) >= 11 is 1.68. The maximum Gasteiger partial charge on any atom is 0.123 e. The van der Waals surface area contributed by atoms with Crippen LogP contribution in [-0.4, -0.2) is 19.9 Å². The Morgan fingerprint density at radius 1 is 0.939 bits per heavy atom. The molecule has 33 heavy (non-hydrogen) atoms. The number of aromatic amines is 1. The van der Waals surface area contributed by atoms with Gasteiger partial charge in [-0.25, -0.2) is 9.97 Å². The third-order valence-electron chi connectivity index (χ3n) is 6.83. The largest absolute Gasteiger partial charge is 0.342 e. The maximum atomic E-state index is 4.91. The number of imidazole rings is 1. The van der Waals surface area contributed by atoms with Crippen molar-refractivity contribution >= 4 is 22.4 Å². The van der Waals surface area contributed by atoms with Crippen LogP contribution < -0.4 is 0 Å². The zero-order valence-electron chi connectivity index (χ0n) is 18.4. The monoisotopic (exact) mass is 450 g/mol. The number of nitrogens with one attached hydrogen (secondary N) is 1. The van der Waals surface area contributed by atoms with E-state index < -0.39 is 0 Å². The lowest BCUT2D eigenvalue weighted by Gasteiger charge is -2.31. The molecule has 0 aliphatic heterocycles. The van der Waals surface area contributed by atoms with Crippen LogP contribution in [0.2, 0.25) is 0 Å². The summed E-state index contributed by atoms with van der Waals surface area (Å²) in [5.74, 6) is 1.95. The van der Waals surface area contributed by atoms with Crippen LogP contribution in [0.4, 0.5) is 0 Å². The van der Waals surface area contributed by atoms with Gasteiger partial charge in [-0.05, 0) is 60.9 Å². The average Bonchev–Trinajstić information content (AvgIpc) is 3.54. The molecular weight excluding hydrogens is 424 g/mol. The fourth-order valence-corrected chi connectivity index (χ4v) is 5.91. The molecule has 0 radical (unpaired) electrons. The van der Waals surface area contributed by atoms with E-state index in [1.54, 1.807) is 11.3 Å².